The molecule has 34 heavy (non-hydrogen) atoms. The Balaban J connectivity index is 1.62. The number of anilines is 2. The third-order valence-electron chi connectivity index (χ3n) is 6.18. The SMILES string of the molecule is COc1ccc2c(c1)C1NC(=S)N(c3ccc(Br)cc3)C(C)(O2)C1C(=O)Nc1ccc(Cl)cc1. The van der Waals surface area contributed by atoms with Gasteiger partial charge in [-0.2, -0.15) is 0 Å². The number of methoxy groups -OCH3 is 1. The van der Waals surface area contributed by atoms with E-state index in [0.29, 0.717) is 27.3 Å². The topological polar surface area (TPSA) is 62.8 Å². The molecule has 0 aliphatic carbocycles. The van der Waals surface area contributed by atoms with Gasteiger partial charge in [0.05, 0.1) is 13.2 Å². The number of nitrogens with zero attached hydrogens (tertiary/aromatic N) is 1. The number of nitrogens with one attached hydrogen (secondary N) is 2. The molecular weight excluding hydrogens is 538 g/mol. The van der Waals surface area contributed by atoms with Crippen LogP contribution in [0.4, 0.5) is 11.4 Å². The molecule has 2 heterocycles. The molecule has 3 unspecified atom stereocenters. The highest BCUT2D eigenvalue weighted by atomic mass is 79.9. The maximum atomic E-state index is 13.8. The van der Waals surface area contributed by atoms with E-state index in [-0.39, 0.29) is 5.91 Å². The van der Waals surface area contributed by atoms with E-state index < -0.39 is 17.7 Å². The first kappa shape index (κ1) is 23.0. The third kappa shape index (κ3) is 3.89. The van der Waals surface area contributed by atoms with E-state index in [2.05, 4.69) is 26.6 Å². The summed E-state index contributed by atoms with van der Waals surface area (Å²) < 4.78 is 13.0. The minimum absolute atomic E-state index is 0.208. The second-order valence-electron chi connectivity index (χ2n) is 8.27. The minimum atomic E-state index is -1.10. The van der Waals surface area contributed by atoms with Crippen molar-refractivity contribution in [3.05, 3.63) is 81.8 Å². The Morgan fingerprint density at radius 1 is 1.18 bits per heavy atom. The van der Waals surface area contributed by atoms with Gasteiger partial charge in [-0.1, -0.05) is 27.5 Å². The number of benzene rings is 3. The summed E-state index contributed by atoms with van der Waals surface area (Å²) in [6.07, 6.45) is 0. The normalized spacial score (nSPS) is 22.8. The van der Waals surface area contributed by atoms with Gasteiger partial charge in [-0.05, 0) is 85.9 Å². The number of thiocarbonyl (C=S) groups is 1. The maximum Gasteiger partial charge on any atom is 0.236 e. The summed E-state index contributed by atoms with van der Waals surface area (Å²) in [5.41, 5.74) is 1.16. The molecule has 5 rings (SSSR count). The van der Waals surface area contributed by atoms with Crippen LogP contribution < -0.4 is 25.0 Å². The first-order valence-electron chi connectivity index (χ1n) is 10.6. The summed E-state index contributed by atoms with van der Waals surface area (Å²) in [7, 11) is 1.61. The maximum absolute atomic E-state index is 13.8. The highest BCUT2D eigenvalue weighted by Crippen LogP contribution is 2.50. The predicted octanol–water partition coefficient (Wildman–Crippen LogP) is 5.91. The number of hydrogen-bond donors (Lipinski definition) is 2. The van der Waals surface area contributed by atoms with E-state index in [0.717, 1.165) is 15.7 Å². The van der Waals surface area contributed by atoms with Gasteiger partial charge in [0.15, 0.2) is 10.8 Å². The summed E-state index contributed by atoms with van der Waals surface area (Å²) in [5.74, 6) is 0.477. The molecular formula is C25H21BrClN3O3S. The molecule has 1 saturated heterocycles. The third-order valence-corrected chi connectivity index (χ3v) is 7.27. The number of carbonyl (C=O) groups excluding carboxylic acids is 1. The molecule has 0 aromatic heterocycles. The predicted molar refractivity (Wildman–Crippen MR) is 141 cm³/mol. The van der Waals surface area contributed by atoms with Crippen LogP contribution in [0.1, 0.15) is 18.5 Å². The molecule has 6 nitrogen and oxygen atoms in total. The van der Waals surface area contributed by atoms with E-state index in [1.807, 2.05) is 54.3 Å². The Morgan fingerprint density at radius 3 is 2.56 bits per heavy atom. The van der Waals surface area contributed by atoms with Gasteiger partial charge in [-0.3, -0.25) is 9.69 Å². The van der Waals surface area contributed by atoms with Crippen molar-refractivity contribution in [3.63, 3.8) is 0 Å². The van der Waals surface area contributed by atoms with Crippen molar-refractivity contribution in [2.24, 2.45) is 5.92 Å². The van der Waals surface area contributed by atoms with Gasteiger partial charge in [0.1, 0.15) is 17.4 Å². The van der Waals surface area contributed by atoms with E-state index in [1.165, 1.54) is 0 Å². The van der Waals surface area contributed by atoms with E-state index in [4.69, 9.17) is 33.3 Å². The van der Waals surface area contributed by atoms with Crippen molar-refractivity contribution in [3.8, 4) is 11.5 Å². The van der Waals surface area contributed by atoms with Crippen LogP contribution >= 0.6 is 39.7 Å². The molecule has 3 aromatic carbocycles. The fourth-order valence-electron chi connectivity index (χ4n) is 4.62. The standard InChI is InChI=1S/C25H21BrClN3O3S/c1-25-21(23(31)28-16-7-5-15(27)6-8-16)22(19-13-18(32-2)11-12-20(19)33-25)29-24(34)30(25)17-9-3-14(26)4-10-17/h3-13,21-22H,1-2H3,(H,28,31)(H,29,34). The van der Waals surface area contributed by atoms with Crippen LogP contribution in [0.3, 0.4) is 0 Å². The zero-order valence-electron chi connectivity index (χ0n) is 18.3. The van der Waals surface area contributed by atoms with Gasteiger partial charge < -0.3 is 20.1 Å². The van der Waals surface area contributed by atoms with Crippen LogP contribution in [0, 0.1) is 5.92 Å². The summed E-state index contributed by atoms with van der Waals surface area (Å²) >= 11 is 15.3. The molecule has 3 aromatic rings. The van der Waals surface area contributed by atoms with Crippen molar-refractivity contribution in [1.82, 2.24) is 5.32 Å². The van der Waals surface area contributed by atoms with Crippen LogP contribution in [0.5, 0.6) is 11.5 Å². The Labute approximate surface area is 216 Å². The van der Waals surface area contributed by atoms with E-state index in [1.54, 1.807) is 31.4 Å². The van der Waals surface area contributed by atoms with Gasteiger partial charge in [0.2, 0.25) is 5.91 Å². The molecule has 2 bridgehead atoms. The van der Waals surface area contributed by atoms with Gasteiger partial charge in [0, 0.05) is 26.4 Å². The quantitative estimate of drug-likeness (QED) is 0.388. The molecule has 1 fully saturated rings. The van der Waals surface area contributed by atoms with Crippen LogP contribution in [0.2, 0.25) is 5.02 Å². The Hall–Kier alpha value is -2.81. The Kier molecular flexibility index (Phi) is 5.91. The average molecular weight is 559 g/mol. The first-order chi connectivity index (χ1) is 16.3. The molecule has 2 aliphatic heterocycles. The van der Waals surface area contributed by atoms with Crippen LogP contribution in [0.15, 0.2) is 71.2 Å². The monoisotopic (exact) mass is 557 g/mol. The van der Waals surface area contributed by atoms with E-state index in [9.17, 15) is 4.79 Å². The molecule has 174 valence electrons. The summed E-state index contributed by atoms with van der Waals surface area (Å²) in [5, 5.41) is 7.49. The van der Waals surface area contributed by atoms with Crippen molar-refractivity contribution in [2.75, 3.05) is 17.3 Å². The van der Waals surface area contributed by atoms with Gasteiger partial charge >= 0.3 is 0 Å². The van der Waals surface area contributed by atoms with Crippen LogP contribution in [-0.4, -0.2) is 23.9 Å². The van der Waals surface area contributed by atoms with Crippen LogP contribution in [0.25, 0.3) is 0 Å². The molecule has 9 heteroatoms. The number of amides is 1. The first-order valence-corrected chi connectivity index (χ1v) is 12.2. The minimum Gasteiger partial charge on any atom is -0.497 e. The van der Waals surface area contributed by atoms with Gasteiger partial charge in [0.25, 0.3) is 0 Å². The molecule has 1 amide bonds. The second kappa shape index (κ2) is 8.76. The molecule has 2 aliphatic rings. The van der Waals surface area contributed by atoms with Gasteiger partial charge in [-0.25, -0.2) is 0 Å². The number of halogens is 2. The lowest BCUT2D eigenvalue weighted by molar-refractivity contribution is -0.130. The highest BCUT2D eigenvalue weighted by Gasteiger charge is 2.59. The number of ether oxygens (including phenoxy) is 2. The fourth-order valence-corrected chi connectivity index (χ4v) is 5.42. The lowest BCUT2D eigenvalue weighted by Gasteiger charge is -2.56. The zero-order chi connectivity index (χ0) is 24.0. The molecule has 0 spiro atoms. The average Bonchev–Trinajstić information content (AvgIpc) is 2.81. The Bertz CT molecular complexity index is 1270. The molecule has 2 N–H and O–H groups in total. The summed E-state index contributed by atoms with van der Waals surface area (Å²) in [4.78, 5) is 15.7. The van der Waals surface area contributed by atoms with Crippen molar-refractivity contribution >= 4 is 62.1 Å². The smallest absolute Gasteiger partial charge is 0.236 e. The lowest BCUT2D eigenvalue weighted by Crippen LogP contribution is -2.72. The van der Waals surface area contributed by atoms with Gasteiger partial charge in [-0.15, -0.1) is 0 Å². The summed E-state index contributed by atoms with van der Waals surface area (Å²) in [6.45, 7) is 1.90. The number of hydrogen-bond acceptors (Lipinski definition) is 4. The zero-order valence-corrected chi connectivity index (χ0v) is 21.5. The number of carbonyl (C=O) groups is 1. The van der Waals surface area contributed by atoms with Crippen molar-refractivity contribution in [1.29, 1.82) is 0 Å². The van der Waals surface area contributed by atoms with Crippen molar-refractivity contribution < 1.29 is 14.3 Å². The number of fused-ring (bicyclic) bond motifs is 4. The summed E-state index contributed by atoms with van der Waals surface area (Å²) in [6, 6.07) is 19.9. The fraction of sp³-hybridized carbons (Fsp3) is 0.200. The number of rotatable bonds is 4. The van der Waals surface area contributed by atoms with E-state index >= 15 is 0 Å². The van der Waals surface area contributed by atoms with Crippen LogP contribution in [-0.2, 0) is 4.79 Å². The van der Waals surface area contributed by atoms with Crippen molar-refractivity contribution in [2.45, 2.75) is 18.7 Å². The lowest BCUT2D eigenvalue weighted by atomic mass is 9.78. The largest absolute Gasteiger partial charge is 0.497 e. The highest BCUT2D eigenvalue weighted by molar-refractivity contribution is 9.10. The molecule has 0 saturated carbocycles. The second-order valence-corrected chi connectivity index (χ2v) is 10.0. The molecule has 3 atom stereocenters. The molecule has 0 radical (unpaired) electrons. The Morgan fingerprint density at radius 2 is 1.88 bits per heavy atom.